The number of nitrogens with zero attached hydrogens (tertiary/aromatic N) is 2. The van der Waals surface area contributed by atoms with Gasteiger partial charge in [0.2, 0.25) is 0 Å². The summed E-state index contributed by atoms with van der Waals surface area (Å²) in [7, 11) is 0. The molecule has 0 aliphatic heterocycles. The van der Waals surface area contributed by atoms with Crippen molar-refractivity contribution >= 4 is 33.2 Å². The Balaban J connectivity index is 2.57. The highest BCUT2D eigenvalue weighted by molar-refractivity contribution is 9.10. The fraction of sp³-hybridized carbons (Fsp3) is 0.273. The number of aldehydes is 1. The molecule has 0 fully saturated rings. The number of carbonyl (C=O) groups is 1. The second-order valence-corrected chi connectivity index (χ2v) is 4.88. The number of carbonyl (C=O) groups excluding carboxylic acids is 1. The van der Waals surface area contributed by atoms with Crippen LogP contribution < -0.4 is 0 Å². The maximum atomic E-state index is 13.1. The van der Waals surface area contributed by atoms with Crippen LogP contribution in [0.2, 0.25) is 0 Å². The molecule has 2 aromatic heterocycles. The molecule has 2 heterocycles. The second kappa shape index (κ2) is 4.80. The van der Waals surface area contributed by atoms with Crippen molar-refractivity contribution in [3.63, 3.8) is 0 Å². The van der Waals surface area contributed by atoms with Gasteiger partial charge in [-0.15, -0.1) is 0 Å². The number of fused-ring (bicyclic) bond motifs is 1. The third kappa shape index (κ3) is 2.41. The molecule has 3 nitrogen and oxygen atoms in total. The summed E-state index contributed by atoms with van der Waals surface area (Å²) in [5.41, 5.74) is -0.136. The van der Waals surface area contributed by atoms with Gasteiger partial charge in [-0.25, -0.2) is 4.98 Å². The maximum absolute atomic E-state index is 13.1. The van der Waals surface area contributed by atoms with Crippen LogP contribution >= 0.6 is 15.9 Å². The van der Waals surface area contributed by atoms with Crippen molar-refractivity contribution in [2.45, 2.75) is 18.6 Å². The Morgan fingerprint density at radius 1 is 1.30 bits per heavy atom. The van der Waals surface area contributed by atoms with Crippen molar-refractivity contribution in [1.29, 1.82) is 0 Å². The van der Waals surface area contributed by atoms with Crippen LogP contribution in [-0.2, 0) is 6.54 Å². The molecule has 108 valence electrons. The van der Waals surface area contributed by atoms with Crippen LogP contribution in [0.3, 0.4) is 0 Å². The van der Waals surface area contributed by atoms with Gasteiger partial charge in [-0.2, -0.15) is 22.0 Å². The van der Waals surface area contributed by atoms with Crippen molar-refractivity contribution in [1.82, 2.24) is 9.55 Å². The lowest BCUT2D eigenvalue weighted by Gasteiger charge is -2.20. The lowest BCUT2D eigenvalue weighted by molar-refractivity contribution is -0.286. The van der Waals surface area contributed by atoms with Gasteiger partial charge in [-0.1, -0.05) is 0 Å². The lowest BCUT2D eigenvalue weighted by Crippen LogP contribution is -2.40. The normalized spacial score (nSPS) is 12.9. The van der Waals surface area contributed by atoms with Gasteiger partial charge in [0.15, 0.2) is 6.29 Å². The van der Waals surface area contributed by atoms with Crippen LogP contribution in [0.1, 0.15) is 10.4 Å². The van der Waals surface area contributed by atoms with Crippen molar-refractivity contribution in [2.75, 3.05) is 0 Å². The summed E-state index contributed by atoms with van der Waals surface area (Å²) >= 11 is 3.10. The molecule has 0 N–H and O–H groups in total. The van der Waals surface area contributed by atoms with Crippen LogP contribution in [0, 0.1) is 0 Å². The Bertz CT molecular complexity index is 665. The van der Waals surface area contributed by atoms with E-state index in [-0.39, 0.29) is 16.6 Å². The molecule has 2 aromatic rings. The minimum Gasteiger partial charge on any atom is -0.325 e. The largest absolute Gasteiger partial charge is 0.455 e. The van der Waals surface area contributed by atoms with E-state index in [9.17, 15) is 26.7 Å². The van der Waals surface area contributed by atoms with E-state index in [1.54, 1.807) is 0 Å². The Labute approximate surface area is 117 Å². The van der Waals surface area contributed by atoms with Crippen LogP contribution in [0.25, 0.3) is 11.0 Å². The van der Waals surface area contributed by atoms with Gasteiger partial charge in [0.1, 0.15) is 5.65 Å². The van der Waals surface area contributed by atoms with E-state index < -0.39 is 18.6 Å². The monoisotopic (exact) mass is 356 g/mol. The lowest BCUT2D eigenvalue weighted by atomic mass is 10.2. The predicted molar refractivity (Wildman–Crippen MR) is 63.8 cm³/mol. The molecule has 0 spiro atoms. The van der Waals surface area contributed by atoms with E-state index in [0.29, 0.717) is 15.3 Å². The van der Waals surface area contributed by atoms with Gasteiger partial charge in [0.05, 0.1) is 6.54 Å². The molecule has 0 atom stereocenters. The van der Waals surface area contributed by atoms with Crippen LogP contribution in [0.4, 0.5) is 22.0 Å². The number of rotatable bonds is 3. The van der Waals surface area contributed by atoms with E-state index >= 15 is 0 Å². The molecule has 20 heavy (non-hydrogen) atoms. The average Bonchev–Trinajstić information content (AvgIpc) is 2.67. The van der Waals surface area contributed by atoms with Crippen LogP contribution in [0.5, 0.6) is 0 Å². The molecule has 0 aliphatic carbocycles. The van der Waals surface area contributed by atoms with Crippen molar-refractivity contribution in [3.05, 3.63) is 28.5 Å². The molecule has 0 saturated carbocycles. The minimum absolute atomic E-state index is 0.0158. The zero-order valence-electron chi connectivity index (χ0n) is 9.59. The first-order valence-corrected chi connectivity index (χ1v) is 6.00. The average molecular weight is 357 g/mol. The molecule has 0 bridgehead atoms. The van der Waals surface area contributed by atoms with Crippen molar-refractivity contribution in [3.8, 4) is 0 Å². The zero-order valence-corrected chi connectivity index (χ0v) is 11.2. The van der Waals surface area contributed by atoms with Crippen LogP contribution in [0.15, 0.2) is 22.9 Å². The highest BCUT2D eigenvalue weighted by atomic mass is 79.9. The highest BCUT2D eigenvalue weighted by Gasteiger charge is 2.57. The molecule has 9 heteroatoms. The van der Waals surface area contributed by atoms with E-state index in [0.717, 1.165) is 6.20 Å². The predicted octanol–water partition coefficient (Wildman–Crippen LogP) is 3.81. The maximum Gasteiger partial charge on any atom is 0.455 e. The summed E-state index contributed by atoms with van der Waals surface area (Å²) < 4.78 is 63.9. The summed E-state index contributed by atoms with van der Waals surface area (Å²) in [6.07, 6.45) is -3.13. The zero-order chi connectivity index (χ0) is 15.1. The van der Waals surface area contributed by atoms with Gasteiger partial charge in [-0.3, -0.25) is 4.79 Å². The standard InChI is InChI=1S/C11H6BrF5N2O/c12-7-1-2-18-9-8(7)6(4-20)3-19(9)5-10(13,14)11(15,16)17/h1-4H,5H2. The Morgan fingerprint density at radius 2 is 1.95 bits per heavy atom. The summed E-state index contributed by atoms with van der Waals surface area (Å²) in [6, 6.07) is 1.46. The van der Waals surface area contributed by atoms with Gasteiger partial charge in [-0.05, 0) is 22.0 Å². The number of pyridine rings is 1. The van der Waals surface area contributed by atoms with Crippen molar-refractivity contribution in [2.24, 2.45) is 0 Å². The van der Waals surface area contributed by atoms with E-state index in [1.165, 1.54) is 12.3 Å². The fourth-order valence-electron chi connectivity index (χ4n) is 1.72. The Kier molecular flexibility index (Phi) is 3.57. The molecule has 0 amide bonds. The second-order valence-electron chi connectivity index (χ2n) is 4.02. The van der Waals surface area contributed by atoms with Gasteiger partial charge >= 0.3 is 12.1 Å². The molecular weight excluding hydrogens is 351 g/mol. The Hall–Kier alpha value is -1.51. The Morgan fingerprint density at radius 3 is 2.50 bits per heavy atom. The number of aromatic nitrogens is 2. The van der Waals surface area contributed by atoms with Gasteiger partial charge in [0.25, 0.3) is 0 Å². The SMILES string of the molecule is O=Cc1cn(CC(F)(F)C(F)(F)F)c2nccc(Br)c12. The molecule has 0 saturated heterocycles. The minimum atomic E-state index is -5.67. The molecule has 0 radical (unpaired) electrons. The smallest absolute Gasteiger partial charge is 0.325 e. The van der Waals surface area contributed by atoms with Gasteiger partial charge < -0.3 is 4.57 Å². The van der Waals surface area contributed by atoms with E-state index in [2.05, 4.69) is 20.9 Å². The summed E-state index contributed by atoms with van der Waals surface area (Å²) in [4.78, 5) is 14.6. The van der Waals surface area contributed by atoms with E-state index in [1.807, 2.05) is 0 Å². The number of alkyl halides is 5. The summed E-state index contributed by atoms with van der Waals surface area (Å²) in [5.74, 6) is -4.91. The summed E-state index contributed by atoms with van der Waals surface area (Å²) in [5, 5.41) is 0.195. The number of halogens is 6. The van der Waals surface area contributed by atoms with Gasteiger partial charge in [0, 0.05) is 27.8 Å². The first-order valence-electron chi connectivity index (χ1n) is 5.20. The first-order chi connectivity index (χ1) is 9.17. The van der Waals surface area contributed by atoms with Crippen LogP contribution in [-0.4, -0.2) is 27.9 Å². The third-order valence-corrected chi connectivity index (χ3v) is 3.31. The quantitative estimate of drug-likeness (QED) is 0.619. The topological polar surface area (TPSA) is 34.9 Å². The highest BCUT2D eigenvalue weighted by Crippen LogP contribution is 2.38. The first kappa shape index (κ1) is 14.9. The third-order valence-electron chi connectivity index (χ3n) is 2.65. The number of hydrogen-bond acceptors (Lipinski definition) is 2. The molecule has 0 aliphatic rings. The molecule has 0 unspecified atom stereocenters. The molecule has 2 rings (SSSR count). The fourth-order valence-corrected chi connectivity index (χ4v) is 2.24. The molecule has 0 aromatic carbocycles. The van der Waals surface area contributed by atoms with Crippen molar-refractivity contribution < 1.29 is 26.7 Å². The van der Waals surface area contributed by atoms with E-state index in [4.69, 9.17) is 0 Å². The number of hydrogen-bond donors (Lipinski definition) is 0. The molecular formula is C11H6BrF5N2O. The summed E-state index contributed by atoms with van der Waals surface area (Å²) in [6.45, 7) is -1.63.